The molecule has 468 valence electrons. The van der Waals surface area contributed by atoms with Gasteiger partial charge in [0.1, 0.15) is 73.2 Å². The number of carbonyl (C=O) groups excluding carboxylic acids is 1. The molecule has 0 radical (unpaired) electrons. The first kappa shape index (κ1) is 72.3. The lowest BCUT2D eigenvalue weighted by molar-refractivity contribution is -0.379. The van der Waals surface area contributed by atoms with Crippen molar-refractivity contribution in [1.82, 2.24) is 5.32 Å². The number of unbranched alkanes of at least 4 members (excludes halogenated alkanes) is 26. The van der Waals surface area contributed by atoms with Crippen molar-refractivity contribution < 1.29 is 89.4 Å². The Bertz CT molecular complexity index is 1600. The number of ether oxygens (including phenoxy) is 6. The molecule has 17 atom stereocenters. The van der Waals surface area contributed by atoms with E-state index in [1.54, 1.807) is 6.08 Å². The normalized spacial score (nSPS) is 30.2. The largest absolute Gasteiger partial charge is 0.394 e. The number of allylic oxidation sites excluding steroid dienone is 5. The minimum absolute atomic E-state index is 0.235. The molecule has 0 aromatic rings. The van der Waals surface area contributed by atoms with E-state index in [1.807, 2.05) is 6.08 Å². The highest BCUT2D eigenvalue weighted by atomic mass is 16.8. The third kappa shape index (κ3) is 27.8. The summed E-state index contributed by atoms with van der Waals surface area (Å²) >= 11 is 0. The lowest BCUT2D eigenvalue weighted by Gasteiger charge is -2.48. The first-order valence-electron chi connectivity index (χ1n) is 31.2. The molecule has 3 saturated heterocycles. The van der Waals surface area contributed by atoms with Crippen molar-refractivity contribution >= 4 is 5.91 Å². The van der Waals surface area contributed by atoms with Crippen LogP contribution >= 0.6 is 0 Å². The van der Waals surface area contributed by atoms with Crippen LogP contribution in [0.25, 0.3) is 0 Å². The Balaban J connectivity index is 1.46. The Kier molecular flexibility index (Phi) is 40.2. The molecule has 19 nitrogen and oxygen atoms in total. The molecule has 3 aliphatic heterocycles. The summed E-state index contributed by atoms with van der Waals surface area (Å²) in [5.41, 5.74) is 0. The van der Waals surface area contributed by atoms with Crippen LogP contribution < -0.4 is 5.32 Å². The second kappa shape index (κ2) is 44.5. The molecule has 0 spiro atoms. The zero-order valence-electron chi connectivity index (χ0n) is 48.8. The number of aliphatic hydroxyl groups is 11. The quantitative estimate of drug-likeness (QED) is 0.0242. The fourth-order valence-corrected chi connectivity index (χ4v) is 10.5. The van der Waals surface area contributed by atoms with Crippen molar-refractivity contribution in [1.29, 1.82) is 0 Å². The number of hydrogen-bond acceptors (Lipinski definition) is 18. The molecule has 3 heterocycles. The van der Waals surface area contributed by atoms with E-state index in [9.17, 15) is 61.0 Å². The zero-order chi connectivity index (χ0) is 58.3. The summed E-state index contributed by atoms with van der Waals surface area (Å²) in [6.45, 7) is 1.68. The van der Waals surface area contributed by atoms with Gasteiger partial charge in [0.05, 0.1) is 38.6 Å². The summed E-state index contributed by atoms with van der Waals surface area (Å²) in [5, 5.41) is 120. The summed E-state index contributed by atoms with van der Waals surface area (Å²) in [7, 11) is 0. The lowest BCUT2D eigenvalue weighted by Crippen LogP contribution is -2.66. The standard InChI is InChI=1S/C61H111NO18/c1-3-5-7-9-11-13-15-17-18-19-20-21-22-23-24-25-26-27-29-31-33-35-37-39-49(67)62-44(45(66)38-36-34-32-30-28-16-14-12-10-8-6-4-2)43-75-59-55(73)52(70)57(47(41-64)77-59)80-61-56(74)53(71)58(48(42-65)78-61)79-60-54(72)51(69)50(68)46(40-63)76-60/h19-20,28,30,36,38,44-48,50-61,63-66,68-74H,3-18,21-27,29,31-35,37,39-43H2,1-2H3,(H,62,67)/b20-19-,30-28+,38-36+. The molecule has 80 heavy (non-hydrogen) atoms. The van der Waals surface area contributed by atoms with Crippen molar-refractivity contribution in [2.45, 2.75) is 317 Å². The Morgan fingerprint density at radius 3 is 1.25 bits per heavy atom. The van der Waals surface area contributed by atoms with Gasteiger partial charge in [0, 0.05) is 6.42 Å². The summed E-state index contributed by atoms with van der Waals surface area (Å²) in [6.07, 6.45) is 21.4. The molecule has 17 unspecified atom stereocenters. The smallest absolute Gasteiger partial charge is 0.220 e. The summed E-state index contributed by atoms with van der Waals surface area (Å²) in [5.74, 6) is -0.287. The highest BCUT2D eigenvalue weighted by Gasteiger charge is 2.53. The van der Waals surface area contributed by atoms with Crippen molar-refractivity contribution in [2.24, 2.45) is 0 Å². The van der Waals surface area contributed by atoms with Crippen LogP contribution in [0.15, 0.2) is 36.5 Å². The Morgan fingerprint density at radius 1 is 0.438 bits per heavy atom. The van der Waals surface area contributed by atoms with Crippen LogP contribution in [0.1, 0.15) is 213 Å². The molecule has 3 fully saturated rings. The van der Waals surface area contributed by atoms with Gasteiger partial charge in [-0.15, -0.1) is 0 Å². The van der Waals surface area contributed by atoms with Gasteiger partial charge in [0.2, 0.25) is 5.91 Å². The third-order valence-corrected chi connectivity index (χ3v) is 15.7. The number of hydrogen-bond donors (Lipinski definition) is 12. The van der Waals surface area contributed by atoms with E-state index in [1.165, 1.54) is 141 Å². The second-order valence-corrected chi connectivity index (χ2v) is 22.5. The SMILES string of the molecule is CCCCCCCC/C=C/CC/C=C/C(O)C(COC1OC(CO)C(OC2OC(CO)C(OC3OC(CO)C(O)C(O)C3O)C(O)C2O)C(O)C1O)NC(=O)CCCCCCCCCCCCC/C=C\CCCCCCCCCC. The lowest BCUT2D eigenvalue weighted by atomic mass is 9.96. The molecule has 12 N–H and O–H groups in total. The zero-order valence-corrected chi connectivity index (χ0v) is 48.8. The van der Waals surface area contributed by atoms with E-state index >= 15 is 0 Å². The second-order valence-electron chi connectivity index (χ2n) is 22.5. The molecule has 3 rings (SSSR count). The molecule has 0 aliphatic carbocycles. The maximum Gasteiger partial charge on any atom is 0.220 e. The minimum atomic E-state index is -1.98. The Labute approximate surface area is 479 Å². The summed E-state index contributed by atoms with van der Waals surface area (Å²) in [4.78, 5) is 13.3. The van der Waals surface area contributed by atoms with E-state index < -0.39 is 124 Å². The highest BCUT2D eigenvalue weighted by Crippen LogP contribution is 2.33. The summed E-state index contributed by atoms with van der Waals surface area (Å²) in [6, 6.07) is -0.988. The van der Waals surface area contributed by atoms with E-state index in [-0.39, 0.29) is 18.9 Å². The summed E-state index contributed by atoms with van der Waals surface area (Å²) < 4.78 is 34.2. The third-order valence-electron chi connectivity index (χ3n) is 15.7. The van der Waals surface area contributed by atoms with Crippen LogP contribution in [-0.4, -0.2) is 193 Å². The number of amides is 1. The van der Waals surface area contributed by atoms with Gasteiger partial charge in [-0.3, -0.25) is 4.79 Å². The van der Waals surface area contributed by atoms with Crippen molar-refractivity contribution in [3.63, 3.8) is 0 Å². The van der Waals surface area contributed by atoms with E-state index in [2.05, 4.69) is 43.5 Å². The molecule has 1 amide bonds. The van der Waals surface area contributed by atoms with Gasteiger partial charge in [-0.1, -0.05) is 185 Å². The molecule has 0 aromatic heterocycles. The van der Waals surface area contributed by atoms with E-state index in [4.69, 9.17) is 28.4 Å². The van der Waals surface area contributed by atoms with E-state index in [0.717, 1.165) is 38.5 Å². The van der Waals surface area contributed by atoms with Gasteiger partial charge in [-0.25, -0.2) is 0 Å². The van der Waals surface area contributed by atoms with Crippen LogP contribution in [0.4, 0.5) is 0 Å². The first-order chi connectivity index (χ1) is 38.8. The van der Waals surface area contributed by atoms with Crippen molar-refractivity contribution in [2.75, 3.05) is 26.4 Å². The van der Waals surface area contributed by atoms with Crippen LogP contribution in [-0.2, 0) is 33.2 Å². The fourth-order valence-electron chi connectivity index (χ4n) is 10.5. The monoisotopic (exact) mass is 1150 g/mol. The predicted octanol–water partition coefficient (Wildman–Crippen LogP) is 6.10. The molecule has 3 aliphatic rings. The van der Waals surface area contributed by atoms with Gasteiger partial charge >= 0.3 is 0 Å². The number of aliphatic hydroxyl groups excluding tert-OH is 11. The minimum Gasteiger partial charge on any atom is -0.394 e. The van der Waals surface area contributed by atoms with Crippen LogP contribution in [0.3, 0.4) is 0 Å². The molecule has 0 aromatic carbocycles. The van der Waals surface area contributed by atoms with Gasteiger partial charge in [-0.05, 0) is 57.8 Å². The number of nitrogens with one attached hydrogen (secondary N) is 1. The van der Waals surface area contributed by atoms with Gasteiger partial charge in [-0.2, -0.15) is 0 Å². The van der Waals surface area contributed by atoms with E-state index in [0.29, 0.717) is 12.8 Å². The van der Waals surface area contributed by atoms with Crippen LogP contribution in [0.2, 0.25) is 0 Å². The Morgan fingerprint density at radius 2 is 0.800 bits per heavy atom. The van der Waals surface area contributed by atoms with Crippen molar-refractivity contribution in [3.8, 4) is 0 Å². The molecule has 0 saturated carbocycles. The predicted molar refractivity (Wildman–Crippen MR) is 305 cm³/mol. The van der Waals surface area contributed by atoms with Crippen molar-refractivity contribution in [3.05, 3.63) is 36.5 Å². The van der Waals surface area contributed by atoms with Crippen LogP contribution in [0.5, 0.6) is 0 Å². The fraction of sp³-hybridized carbons (Fsp3) is 0.885. The van der Waals surface area contributed by atoms with Gasteiger partial charge < -0.3 is 89.9 Å². The first-order valence-corrected chi connectivity index (χ1v) is 31.2. The highest BCUT2D eigenvalue weighted by molar-refractivity contribution is 5.76. The maximum absolute atomic E-state index is 13.3. The number of carbonyl (C=O) groups is 1. The van der Waals surface area contributed by atoms with Gasteiger partial charge in [0.15, 0.2) is 18.9 Å². The average molecular weight is 1150 g/mol. The molecular weight excluding hydrogens is 1030 g/mol. The molecule has 0 bridgehead atoms. The number of rotatable bonds is 46. The van der Waals surface area contributed by atoms with Crippen LogP contribution in [0, 0.1) is 0 Å². The molecular formula is C61H111NO18. The maximum atomic E-state index is 13.3. The topological polar surface area (TPSA) is 307 Å². The average Bonchev–Trinajstić information content (AvgIpc) is 3.45. The molecule has 19 heteroatoms. The Hall–Kier alpha value is -1.99. The van der Waals surface area contributed by atoms with Gasteiger partial charge in [0.25, 0.3) is 0 Å².